The molecule has 0 radical (unpaired) electrons. The molecule has 0 aliphatic heterocycles. The van der Waals surface area contributed by atoms with Gasteiger partial charge < -0.3 is 0 Å². The third kappa shape index (κ3) is 8.96. The summed E-state index contributed by atoms with van der Waals surface area (Å²) < 4.78 is -1.07. The van der Waals surface area contributed by atoms with Crippen LogP contribution in [0.3, 0.4) is 0 Å². The van der Waals surface area contributed by atoms with Crippen LogP contribution in [0.25, 0.3) is 0 Å². The van der Waals surface area contributed by atoms with Crippen LogP contribution in [0, 0.1) is 5.92 Å². The molecule has 0 aliphatic carbocycles. The van der Waals surface area contributed by atoms with Crippen LogP contribution in [0.5, 0.6) is 0 Å². The van der Waals surface area contributed by atoms with Crippen molar-refractivity contribution in [2.75, 3.05) is 0 Å². The lowest BCUT2D eigenvalue weighted by atomic mass is 9.97. The molecular formula is C13H25Cl3. The zero-order valence-electron chi connectivity index (χ0n) is 10.6. The maximum atomic E-state index is 5.97. The monoisotopic (exact) mass is 286 g/mol. The Balaban J connectivity index is 3.61. The molecule has 1 unspecified atom stereocenters. The van der Waals surface area contributed by atoms with Crippen LogP contribution < -0.4 is 0 Å². The van der Waals surface area contributed by atoms with Gasteiger partial charge in [0, 0.05) is 5.92 Å². The van der Waals surface area contributed by atoms with E-state index in [0.717, 1.165) is 19.3 Å². The Labute approximate surface area is 116 Å². The van der Waals surface area contributed by atoms with E-state index in [1.54, 1.807) is 0 Å². The largest absolute Gasteiger partial charge is 0.193 e. The number of unbranched alkanes of at least 4 members (excludes halogenated alkanes) is 5. The molecule has 0 bridgehead atoms. The minimum Gasteiger partial charge on any atom is -0.0834 e. The molecule has 0 aromatic heterocycles. The van der Waals surface area contributed by atoms with Gasteiger partial charge >= 0.3 is 0 Å². The molecule has 0 heterocycles. The molecule has 0 fully saturated rings. The van der Waals surface area contributed by atoms with E-state index in [1.807, 2.05) is 0 Å². The molecule has 0 saturated heterocycles. The number of halogens is 3. The lowest BCUT2D eigenvalue weighted by molar-refractivity contribution is 0.425. The van der Waals surface area contributed by atoms with Gasteiger partial charge in [-0.25, -0.2) is 0 Å². The van der Waals surface area contributed by atoms with Crippen LogP contribution in [0.4, 0.5) is 0 Å². The Morgan fingerprint density at radius 3 is 1.81 bits per heavy atom. The van der Waals surface area contributed by atoms with Crippen molar-refractivity contribution in [1.82, 2.24) is 0 Å². The van der Waals surface area contributed by atoms with Crippen LogP contribution in [-0.2, 0) is 0 Å². The fourth-order valence-corrected chi connectivity index (χ4v) is 2.65. The SMILES string of the molecule is CCCCCCCCC(CCC)C(Cl)(Cl)Cl. The number of alkyl halides is 3. The van der Waals surface area contributed by atoms with Gasteiger partial charge in [0.15, 0.2) is 3.79 Å². The van der Waals surface area contributed by atoms with Crippen molar-refractivity contribution in [3.05, 3.63) is 0 Å². The van der Waals surface area contributed by atoms with Crippen LogP contribution >= 0.6 is 34.8 Å². The summed E-state index contributed by atoms with van der Waals surface area (Å²) in [5.74, 6) is 0.230. The molecule has 0 nitrogen and oxygen atoms in total. The molecule has 0 aromatic rings. The summed E-state index contributed by atoms with van der Waals surface area (Å²) in [5, 5.41) is 0. The molecule has 0 rings (SSSR count). The van der Waals surface area contributed by atoms with Crippen LogP contribution in [0.15, 0.2) is 0 Å². The van der Waals surface area contributed by atoms with E-state index in [2.05, 4.69) is 13.8 Å². The highest BCUT2D eigenvalue weighted by atomic mass is 35.6. The highest BCUT2D eigenvalue weighted by Gasteiger charge is 2.30. The first-order valence-corrected chi connectivity index (χ1v) is 7.72. The number of rotatable bonds is 9. The summed E-state index contributed by atoms with van der Waals surface area (Å²) in [7, 11) is 0. The van der Waals surface area contributed by atoms with Crippen molar-refractivity contribution in [2.24, 2.45) is 5.92 Å². The molecule has 0 amide bonds. The highest BCUT2D eigenvalue weighted by Crippen LogP contribution is 2.40. The fourth-order valence-electron chi connectivity index (χ4n) is 1.99. The molecule has 16 heavy (non-hydrogen) atoms. The summed E-state index contributed by atoms with van der Waals surface area (Å²) in [4.78, 5) is 0. The lowest BCUT2D eigenvalue weighted by Gasteiger charge is -2.23. The van der Waals surface area contributed by atoms with Gasteiger partial charge in [-0.1, -0.05) is 93.6 Å². The van der Waals surface area contributed by atoms with Crippen molar-refractivity contribution >= 4 is 34.8 Å². The summed E-state index contributed by atoms with van der Waals surface area (Å²) in [6.45, 7) is 4.38. The summed E-state index contributed by atoms with van der Waals surface area (Å²) >= 11 is 17.9. The van der Waals surface area contributed by atoms with Crippen molar-refractivity contribution < 1.29 is 0 Å². The zero-order valence-corrected chi connectivity index (χ0v) is 12.8. The molecule has 0 aliphatic rings. The maximum absolute atomic E-state index is 5.97. The molecule has 98 valence electrons. The molecule has 0 spiro atoms. The van der Waals surface area contributed by atoms with Gasteiger partial charge in [-0.3, -0.25) is 0 Å². The second-order valence-electron chi connectivity index (χ2n) is 4.58. The van der Waals surface area contributed by atoms with Gasteiger partial charge in [0.05, 0.1) is 0 Å². The first-order chi connectivity index (χ1) is 7.52. The number of hydrogen-bond donors (Lipinski definition) is 0. The van der Waals surface area contributed by atoms with E-state index in [1.165, 1.54) is 38.5 Å². The second-order valence-corrected chi connectivity index (χ2v) is 6.95. The predicted molar refractivity (Wildman–Crippen MR) is 76.7 cm³/mol. The zero-order chi connectivity index (χ0) is 12.4. The van der Waals surface area contributed by atoms with Crippen molar-refractivity contribution in [2.45, 2.75) is 75.4 Å². The van der Waals surface area contributed by atoms with E-state index in [9.17, 15) is 0 Å². The minimum atomic E-state index is -1.07. The maximum Gasteiger partial charge on any atom is 0.193 e. The molecule has 3 heteroatoms. The van der Waals surface area contributed by atoms with Crippen LogP contribution in [0.1, 0.15) is 71.6 Å². The normalized spacial score (nSPS) is 14.1. The minimum absolute atomic E-state index is 0.230. The van der Waals surface area contributed by atoms with Crippen LogP contribution in [0.2, 0.25) is 0 Å². The molecule has 0 aromatic carbocycles. The number of hydrogen-bond acceptors (Lipinski definition) is 0. The quantitative estimate of drug-likeness (QED) is 0.334. The standard InChI is InChI=1S/C13H25Cl3/c1-3-5-6-7-8-9-11-12(10-4-2)13(14,15)16/h12H,3-11H2,1-2H3. The van der Waals surface area contributed by atoms with Crippen LogP contribution in [-0.4, -0.2) is 3.79 Å². The smallest absolute Gasteiger partial charge is 0.0834 e. The van der Waals surface area contributed by atoms with Gasteiger partial charge in [0.2, 0.25) is 0 Å². The van der Waals surface area contributed by atoms with E-state index in [4.69, 9.17) is 34.8 Å². The van der Waals surface area contributed by atoms with E-state index in [-0.39, 0.29) is 5.92 Å². The Hall–Kier alpha value is 0.870. The van der Waals surface area contributed by atoms with Gasteiger partial charge in [0.25, 0.3) is 0 Å². The van der Waals surface area contributed by atoms with Gasteiger partial charge in [0.1, 0.15) is 0 Å². The Morgan fingerprint density at radius 2 is 1.31 bits per heavy atom. The van der Waals surface area contributed by atoms with Gasteiger partial charge in [-0.15, -0.1) is 0 Å². The topological polar surface area (TPSA) is 0 Å². The van der Waals surface area contributed by atoms with Crippen molar-refractivity contribution in [3.63, 3.8) is 0 Å². The van der Waals surface area contributed by atoms with E-state index in [0.29, 0.717) is 0 Å². The summed E-state index contributed by atoms with van der Waals surface area (Å²) in [6.07, 6.45) is 11.0. The van der Waals surface area contributed by atoms with Gasteiger partial charge in [-0.05, 0) is 12.8 Å². The molecule has 1 atom stereocenters. The third-order valence-electron chi connectivity index (χ3n) is 3.01. The fraction of sp³-hybridized carbons (Fsp3) is 1.00. The third-order valence-corrected chi connectivity index (χ3v) is 3.93. The van der Waals surface area contributed by atoms with E-state index >= 15 is 0 Å². The molecule has 0 saturated carbocycles. The van der Waals surface area contributed by atoms with Crippen molar-refractivity contribution in [3.8, 4) is 0 Å². The Bertz CT molecular complexity index is 152. The second kappa shape index (κ2) is 9.85. The van der Waals surface area contributed by atoms with Gasteiger partial charge in [-0.2, -0.15) is 0 Å². The first kappa shape index (κ1) is 16.9. The Kier molecular flexibility index (Phi) is 10.4. The molecule has 0 N–H and O–H groups in total. The first-order valence-electron chi connectivity index (χ1n) is 6.59. The highest BCUT2D eigenvalue weighted by molar-refractivity contribution is 6.67. The average Bonchev–Trinajstić information content (AvgIpc) is 2.20. The summed E-state index contributed by atoms with van der Waals surface area (Å²) in [6, 6.07) is 0. The average molecular weight is 288 g/mol. The Morgan fingerprint density at radius 1 is 0.750 bits per heavy atom. The summed E-state index contributed by atoms with van der Waals surface area (Å²) in [5.41, 5.74) is 0. The van der Waals surface area contributed by atoms with E-state index < -0.39 is 3.79 Å². The molecular weight excluding hydrogens is 263 g/mol. The predicted octanol–water partition coefficient (Wildman–Crippen LogP) is 6.52. The lowest BCUT2D eigenvalue weighted by Crippen LogP contribution is -2.19. The van der Waals surface area contributed by atoms with Crippen molar-refractivity contribution in [1.29, 1.82) is 0 Å².